The molecule has 0 saturated heterocycles. The van der Waals surface area contributed by atoms with E-state index in [4.69, 9.17) is 4.74 Å². The maximum atomic E-state index is 12.1. The van der Waals surface area contributed by atoms with Crippen LogP contribution < -0.4 is 4.74 Å². The maximum absolute atomic E-state index is 12.1. The van der Waals surface area contributed by atoms with Crippen molar-refractivity contribution >= 4 is 23.6 Å². The van der Waals surface area contributed by atoms with Crippen molar-refractivity contribution in [3.8, 4) is 5.75 Å². The second-order valence-corrected chi connectivity index (χ2v) is 5.86. The Morgan fingerprint density at radius 2 is 1.59 bits per heavy atom. The lowest BCUT2D eigenvalue weighted by Crippen LogP contribution is -2.08. The van der Waals surface area contributed by atoms with Crippen LogP contribution in [0.15, 0.2) is 77.8 Å². The van der Waals surface area contributed by atoms with Crippen LogP contribution in [-0.2, 0) is 0 Å². The summed E-state index contributed by atoms with van der Waals surface area (Å²) in [5.74, 6) is -0.197. The van der Waals surface area contributed by atoms with Gasteiger partial charge >= 0.3 is 5.97 Å². The molecule has 0 aliphatic heterocycles. The van der Waals surface area contributed by atoms with Gasteiger partial charge in [0, 0.05) is 18.3 Å². The minimum atomic E-state index is -0.578. The lowest BCUT2D eigenvalue weighted by molar-refractivity contribution is -0.384. The minimum Gasteiger partial charge on any atom is -0.423 e. The van der Waals surface area contributed by atoms with Gasteiger partial charge in [0.05, 0.1) is 16.2 Å². The molecule has 0 bridgehead atoms. The van der Waals surface area contributed by atoms with Gasteiger partial charge in [-0.15, -0.1) is 0 Å². The van der Waals surface area contributed by atoms with Crippen LogP contribution in [0.2, 0.25) is 0 Å². The van der Waals surface area contributed by atoms with Gasteiger partial charge in [0.25, 0.3) is 5.69 Å². The zero-order valence-electron chi connectivity index (χ0n) is 14.5. The van der Waals surface area contributed by atoms with E-state index in [0.717, 1.165) is 11.3 Å². The fourth-order valence-corrected chi connectivity index (χ4v) is 2.29. The molecule has 0 radical (unpaired) electrons. The van der Waals surface area contributed by atoms with Crippen molar-refractivity contribution in [1.82, 2.24) is 0 Å². The van der Waals surface area contributed by atoms with Crippen molar-refractivity contribution < 1.29 is 14.5 Å². The van der Waals surface area contributed by atoms with E-state index in [-0.39, 0.29) is 11.3 Å². The monoisotopic (exact) mass is 360 g/mol. The lowest BCUT2D eigenvalue weighted by Gasteiger charge is -2.04. The Kier molecular flexibility index (Phi) is 5.37. The molecule has 0 aliphatic carbocycles. The Bertz CT molecular complexity index is 976. The van der Waals surface area contributed by atoms with Crippen LogP contribution >= 0.6 is 0 Å². The van der Waals surface area contributed by atoms with Gasteiger partial charge in [-0.05, 0) is 61.0 Å². The number of ether oxygens (including phenoxy) is 1. The third-order valence-electron chi connectivity index (χ3n) is 3.80. The summed E-state index contributed by atoms with van der Waals surface area (Å²) < 4.78 is 5.28. The standard InChI is InChI=1S/C21H16N2O4/c1-15-2-8-18(9-3-15)22-14-16-4-12-20(13-5-16)27-21(24)17-6-10-19(11-7-17)23(25)26/h2-14H,1H3. The molecule has 0 atom stereocenters. The number of rotatable bonds is 5. The van der Waals surface area contributed by atoms with Crippen LogP contribution in [0.3, 0.4) is 0 Å². The van der Waals surface area contributed by atoms with Crippen molar-refractivity contribution in [2.75, 3.05) is 0 Å². The van der Waals surface area contributed by atoms with Crippen LogP contribution in [0.25, 0.3) is 0 Å². The highest BCUT2D eigenvalue weighted by atomic mass is 16.6. The third-order valence-corrected chi connectivity index (χ3v) is 3.80. The summed E-state index contributed by atoms with van der Waals surface area (Å²) in [6, 6.07) is 20.0. The highest BCUT2D eigenvalue weighted by molar-refractivity contribution is 5.91. The number of hydrogen-bond donors (Lipinski definition) is 0. The second kappa shape index (κ2) is 8.05. The van der Waals surface area contributed by atoms with Gasteiger partial charge in [-0.3, -0.25) is 15.1 Å². The maximum Gasteiger partial charge on any atom is 0.343 e. The predicted molar refractivity (Wildman–Crippen MR) is 103 cm³/mol. The van der Waals surface area contributed by atoms with Crippen molar-refractivity contribution in [1.29, 1.82) is 0 Å². The molecule has 0 heterocycles. The predicted octanol–water partition coefficient (Wildman–Crippen LogP) is 4.87. The molecule has 6 nitrogen and oxygen atoms in total. The number of aliphatic imine (C=N–C) groups is 1. The molecule has 3 aromatic rings. The molecular weight excluding hydrogens is 344 g/mol. The van der Waals surface area contributed by atoms with Gasteiger partial charge in [0.1, 0.15) is 5.75 Å². The summed E-state index contributed by atoms with van der Waals surface area (Å²) in [6.45, 7) is 2.02. The van der Waals surface area contributed by atoms with E-state index in [1.807, 2.05) is 31.2 Å². The number of nitrogens with zero attached hydrogens (tertiary/aromatic N) is 2. The number of aryl methyl sites for hydroxylation is 1. The van der Waals surface area contributed by atoms with Gasteiger partial charge < -0.3 is 4.74 Å². The van der Waals surface area contributed by atoms with Crippen LogP contribution in [0.5, 0.6) is 5.75 Å². The van der Waals surface area contributed by atoms with Crippen molar-refractivity contribution in [2.24, 2.45) is 4.99 Å². The van der Waals surface area contributed by atoms with Crippen molar-refractivity contribution in [2.45, 2.75) is 6.92 Å². The summed E-state index contributed by atoms with van der Waals surface area (Å²) in [6.07, 6.45) is 1.73. The number of non-ortho nitro benzene ring substituents is 1. The molecule has 0 spiro atoms. The Hall–Kier alpha value is -3.80. The zero-order valence-corrected chi connectivity index (χ0v) is 14.5. The van der Waals surface area contributed by atoms with Crippen LogP contribution in [0.1, 0.15) is 21.5 Å². The fourth-order valence-electron chi connectivity index (χ4n) is 2.29. The molecule has 0 N–H and O–H groups in total. The Balaban J connectivity index is 1.63. The first-order valence-corrected chi connectivity index (χ1v) is 8.19. The van der Waals surface area contributed by atoms with Gasteiger partial charge in [-0.25, -0.2) is 4.79 Å². The summed E-state index contributed by atoms with van der Waals surface area (Å²) >= 11 is 0. The van der Waals surface area contributed by atoms with Crippen LogP contribution in [0.4, 0.5) is 11.4 Å². The number of esters is 1. The summed E-state index contributed by atoms with van der Waals surface area (Å²) in [5.41, 5.74) is 3.06. The zero-order chi connectivity index (χ0) is 19.2. The quantitative estimate of drug-likeness (QED) is 0.214. The normalized spacial score (nSPS) is 10.7. The van der Waals surface area contributed by atoms with E-state index in [1.54, 1.807) is 30.5 Å². The minimum absolute atomic E-state index is 0.0798. The Morgan fingerprint density at radius 3 is 2.19 bits per heavy atom. The van der Waals surface area contributed by atoms with Gasteiger partial charge in [0.2, 0.25) is 0 Å². The molecule has 0 unspecified atom stereocenters. The van der Waals surface area contributed by atoms with E-state index in [1.165, 1.54) is 29.8 Å². The molecule has 3 aromatic carbocycles. The first-order valence-electron chi connectivity index (χ1n) is 8.19. The third kappa shape index (κ3) is 4.85. The molecule has 27 heavy (non-hydrogen) atoms. The number of carbonyl (C=O) groups is 1. The number of nitro benzene ring substituents is 1. The molecule has 0 fully saturated rings. The molecule has 6 heteroatoms. The molecule has 3 rings (SSSR count). The van der Waals surface area contributed by atoms with E-state index in [9.17, 15) is 14.9 Å². The Morgan fingerprint density at radius 1 is 0.963 bits per heavy atom. The summed E-state index contributed by atoms with van der Waals surface area (Å²) in [7, 11) is 0. The largest absolute Gasteiger partial charge is 0.423 e. The number of carbonyl (C=O) groups excluding carboxylic acids is 1. The average molecular weight is 360 g/mol. The SMILES string of the molecule is Cc1ccc(N=Cc2ccc(OC(=O)c3ccc([N+](=O)[O-])cc3)cc2)cc1. The summed E-state index contributed by atoms with van der Waals surface area (Å²) in [5, 5.41) is 10.6. The van der Waals surface area contributed by atoms with Crippen LogP contribution in [0, 0.1) is 17.0 Å². The number of hydrogen-bond acceptors (Lipinski definition) is 5. The second-order valence-electron chi connectivity index (χ2n) is 5.86. The first-order chi connectivity index (χ1) is 13.0. The highest BCUT2D eigenvalue weighted by Crippen LogP contribution is 2.17. The molecule has 0 amide bonds. The fraction of sp³-hybridized carbons (Fsp3) is 0.0476. The van der Waals surface area contributed by atoms with Gasteiger partial charge in [-0.2, -0.15) is 0 Å². The van der Waals surface area contributed by atoms with Gasteiger partial charge in [-0.1, -0.05) is 17.7 Å². The topological polar surface area (TPSA) is 81.8 Å². The molecule has 0 saturated carbocycles. The summed E-state index contributed by atoms with van der Waals surface area (Å²) in [4.78, 5) is 26.6. The van der Waals surface area contributed by atoms with E-state index in [0.29, 0.717) is 5.75 Å². The van der Waals surface area contributed by atoms with E-state index < -0.39 is 10.9 Å². The number of benzene rings is 3. The van der Waals surface area contributed by atoms with Crippen LogP contribution in [-0.4, -0.2) is 17.1 Å². The Labute approximate surface area is 155 Å². The first kappa shape index (κ1) is 18.0. The molecule has 0 aliphatic rings. The highest BCUT2D eigenvalue weighted by Gasteiger charge is 2.11. The van der Waals surface area contributed by atoms with Crippen molar-refractivity contribution in [3.63, 3.8) is 0 Å². The van der Waals surface area contributed by atoms with E-state index in [2.05, 4.69) is 4.99 Å². The number of nitro groups is 1. The molecule has 0 aromatic heterocycles. The van der Waals surface area contributed by atoms with Gasteiger partial charge in [0.15, 0.2) is 0 Å². The van der Waals surface area contributed by atoms with Crippen molar-refractivity contribution in [3.05, 3.63) is 99.6 Å². The molecule has 134 valence electrons. The molecular formula is C21H16N2O4. The lowest BCUT2D eigenvalue weighted by atomic mass is 10.2. The average Bonchev–Trinajstić information content (AvgIpc) is 2.68. The van der Waals surface area contributed by atoms with E-state index >= 15 is 0 Å². The smallest absolute Gasteiger partial charge is 0.343 e.